The summed E-state index contributed by atoms with van der Waals surface area (Å²) in [7, 11) is 0. The first kappa shape index (κ1) is 7.25. The highest BCUT2D eigenvalue weighted by Crippen LogP contribution is 2.30. The molecular weight excluding hydrogens is 136 g/mol. The van der Waals surface area contributed by atoms with Crippen molar-refractivity contribution in [3.63, 3.8) is 0 Å². The van der Waals surface area contributed by atoms with Crippen molar-refractivity contribution in [3.8, 4) is 0 Å². The van der Waals surface area contributed by atoms with E-state index in [1.165, 1.54) is 19.1 Å². The SMILES string of the molecule is CC1C=C(N)C=CC1(F)F. The van der Waals surface area contributed by atoms with Gasteiger partial charge in [-0.3, -0.25) is 0 Å². The molecule has 56 valence electrons. The average molecular weight is 145 g/mol. The predicted octanol–water partition coefficient (Wildman–Crippen LogP) is 1.67. The molecule has 0 radical (unpaired) electrons. The number of hydrogen-bond donors (Lipinski definition) is 1. The van der Waals surface area contributed by atoms with Gasteiger partial charge in [0.15, 0.2) is 0 Å². The lowest BCUT2D eigenvalue weighted by atomic mass is 9.97. The maximum Gasteiger partial charge on any atom is 0.272 e. The van der Waals surface area contributed by atoms with Crippen LogP contribution in [0, 0.1) is 5.92 Å². The Kier molecular flexibility index (Phi) is 1.50. The summed E-state index contributed by atoms with van der Waals surface area (Å²) in [5.41, 5.74) is 5.70. The van der Waals surface area contributed by atoms with Crippen LogP contribution in [0.25, 0.3) is 0 Å². The van der Waals surface area contributed by atoms with Gasteiger partial charge in [0.1, 0.15) is 0 Å². The van der Waals surface area contributed by atoms with Gasteiger partial charge >= 0.3 is 0 Å². The molecule has 0 amide bonds. The zero-order valence-electron chi connectivity index (χ0n) is 5.64. The first-order chi connectivity index (χ1) is 4.52. The molecule has 10 heavy (non-hydrogen) atoms. The minimum absolute atomic E-state index is 0.415. The highest BCUT2D eigenvalue weighted by atomic mass is 19.3. The van der Waals surface area contributed by atoms with Gasteiger partial charge in [0, 0.05) is 11.6 Å². The summed E-state index contributed by atoms with van der Waals surface area (Å²) in [6, 6.07) is 0. The van der Waals surface area contributed by atoms with E-state index in [-0.39, 0.29) is 0 Å². The summed E-state index contributed by atoms with van der Waals surface area (Å²) in [4.78, 5) is 0. The van der Waals surface area contributed by atoms with Crippen LogP contribution in [0.5, 0.6) is 0 Å². The van der Waals surface area contributed by atoms with Gasteiger partial charge in [-0.1, -0.05) is 13.0 Å². The first-order valence-corrected chi connectivity index (χ1v) is 3.07. The fourth-order valence-corrected chi connectivity index (χ4v) is 0.814. The summed E-state index contributed by atoms with van der Waals surface area (Å²) < 4.78 is 25.2. The van der Waals surface area contributed by atoms with Gasteiger partial charge in [0.2, 0.25) is 0 Å². The maximum absolute atomic E-state index is 12.6. The van der Waals surface area contributed by atoms with E-state index in [9.17, 15) is 8.78 Å². The number of alkyl halides is 2. The second-order valence-corrected chi connectivity index (χ2v) is 2.46. The van der Waals surface area contributed by atoms with Gasteiger partial charge < -0.3 is 5.73 Å². The van der Waals surface area contributed by atoms with E-state index in [4.69, 9.17) is 5.73 Å². The molecule has 1 atom stereocenters. The number of hydrogen-bond acceptors (Lipinski definition) is 1. The van der Waals surface area contributed by atoms with Gasteiger partial charge in [-0.2, -0.15) is 0 Å². The summed E-state index contributed by atoms with van der Waals surface area (Å²) in [6.45, 7) is 1.44. The average Bonchev–Trinajstić information content (AvgIpc) is 1.81. The Morgan fingerprint density at radius 1 is 1.60 bits per heavy atom. The third-order valence-corrected chi connectivity index (χ3v) is 1.55. The van der Waals surface area contributed by atoms with E-state index in [0.717, 1.165) is 6.08 Å². The Labute approximate surface area is 58.2 Å². The Bertz CT molecular complexity index is 194. The van der Waals surface area contributed by atoms with Crippen LogP contribution < -0.4 is 5.73 Å². The minimum Gasteiger partial charge on any atom is -0.399 e. The second-order valence-electron chi connectivity index (χ2n) is 2.46. The monoisotopic (exact) mass is 145 g/mol. The maximum atomic E-state index is 12.6. The third-order valence-electron chi connectivity index (χ3n) is 1.55. The van der Waals surface area contributed by atoms with E-state index in [0.29, 0.717) is 5.70 Å². The van der Waals surface area contributed by atoms with Crippen LogP contribution in [-0.2, 0) is 0 Å². The van der Waals surface area contributed by atoms with Crippen LogP contribution in [0.4, 0.5) is 8.78 Å². The zero-order valence-corrected chi connectivity index (χ0v) is 5.64. The topological polar surface area (TPSA) is 26.0 Å². The van der Waals surface area contributed by atoms with Crippen LogP contribution in [0.15, 0.2) is 23.9 Å². The lowest BCUT2D eigenvalue weighted by Gasteiger charge is -2.20. The molecule has 0 saturated carbocycles. The molecule has 1 aliphatic rings. The molecule has 0 aliphatic heterocycles. The lowest BCUT2D eigenvalue weighted by Crippen LogP contribution is -2.25. The molecule has 0 aromatic carbocycles. The fraction of sp³-hybridized carbons (Fsp3) is 0.429. The van der Waals surface area contributed by atoms with E-state index >= 15 is 0 Å². The quantitative estimate of drug-likeness (QED) is 0.551. The van der Waals surface area contributed by atoms with Crippen molar-refractivity contribution in [2.24, 2.45) is 11.7 Å². The van der Waals surface area contributed by atoms with E-state index < -0.39 is 11.8 Å². The molecular formula is C7H9F2N. The Balaban J connectivity index is 2.84. The smallest absolute Gasteiger partial charge is 0.272 e. The van der Waals surface area contributed by atoms with Crippen molar-refractivity contribution in [3.05, 3.63) is 23.9 Å². The summed E-state index contributed by atoms with van der Waals surface area (Å²) in [5.74, 6) is -3.50. The molecule has 0 aromatic heterocycles. The summed E-state index contributed by atoms with van der Waals surface area (Å²) >= 11 is 0. The van der Waals surface area contributed by atoms with Crippen molar-refractivity contribution < 1.29 is 8.78 Å². The van der Waals surface area contributed by atoms with E-state index in [1.807, 2.05) is 0 Å². The molecule has 1 unspecified atom stereocenters. The van der Waals surface area contributed by atoms with Crippen molar-refractivity contribution >= 4 is 0 Å². The van der Waals surface area contributed by atoms with Gasteiger partial charge in [0.05, 0.1) is 0 Å². The highest BCUT2D eigenvalue weighted by molar-refractivity contribution is 5.25. The van der Waals surface area contributed by atoms with Crippen molar-refractivity contribution in [2.75, 3.05) is 0 Å². The molecule has 0 heterocycles. The lowest BCUT2D eigenvalue weighted by molar-refractivity contribution is 0.0158. The van der Waals surface area contributed by atoms with Gasteiger partial charge in [-0.25, -0.2) is 8.78 Å². The van der Waals surface area contributed by atoms with Gasteiger partial charge in [0.25, 0.3) is 5.92 Å². The minimum atomic E-state index is -2.72. The Morgan fingerprint density at radius 3 is 2.60 bits per heavy atom. The number of allylic oxidation sites excluding steroid dienone is 3. The molecule has 3 heteroatoms. The standard InChI is InChI=1S/C7H9F2N/c1-5-4-6(10)2-3-7(5,8)9/h2-5H,10H2,1H3. The molecule has 0 aromatic rings. The van der Waals surface area contributed by atoms with Gasteiger partial charge in [-0.05, 0) is 12.2 Å². The Morgan fingerprint density at radius 2 is 2.20 bits per heavy atom. The molecule has 0 fully saturated rings. The predicted molar refractivity (Wildman–Crippen MR) is 35.5 cm³/mol. The highest BCUT2D eigenvalue weighted by Gasteiger charge is 2.33. The number of nitrogens with two attached hydrogens (primary N) is 1. The molecule has 0 spiro atoms. The molecule has 0 bridgehead atoms. The normalized spacial score (nSPS) is 29.9. The van der Waals surface area contributed by atoms with E-state index in [1.54, 1.807) is 0 Å². The van der Waals surface area contributed by atoms with Gasteiger partial charge in [-0.15, -0.1) is 0 Å². The largest absolute Gasteiger partial charge is 0.399 e. The first-order valence-electron chi connectivity index (χ1n) is 3.07. The van der Waals surface area contributed by atoms with Crippen LogP contribution in [0.3, 0.4) is 0 Å². The van der Waals surface area contributed by atoms with Crippen LogP contribution in [0.2, 0.25) is 0 Å². The zero-order chi connectivity index (χ0) is 7.78. The molecule has 1 nitrogen and oxygen atoms in total. The number of halogens is 2. The fourth-order valence-electron chi connectivity index (χ4n) is 0.814. The Hall–Kier alpha value is -0.860. The number of rotatable bonds is 0. The summed E-state index contributed by atoms with van der Waals surface area (Å²) in [5, 5.41) is 0. The second kappa shape index (κ2) is 2.08. The van der Waals surface area contributed by atoms with Crippen LogP contribution >= 0.6 is 0 Å². The molecule has 1 aliphatic carbocycles. The van der Waals surface area contributed by atoms with E-state index in [2.05, 4.69) is 0 Å². The molecule has 0 saturated heterocycles. The summed E-state index contributed by atoms with van der Waals surface area (Å²) in [6.07, 6.45) is 3.44. The van der Waals surface area contributed by atoms with Crippen molar-refractivity contribution in [2.45, 2.75) is 12.8 Å². The molecule has 2 N–H and O–H groups in total. The van der Waals surface area contributed by atoms with Crippen LogP contribution in [-0.4, -0.2) is 5.92 Å². The molecule has 1 rings (SSSR count). The van der Waals surface area contributed by atoms with Crippen LogP contribution in [0.1, 0.15) is 6.92 Å². The van der Waals surface area contributed by atoms with Crippen molar-refractivity contribution in [1.82, 2.24) is 0 Å². The third kappa shape index (κ3) is 1.17. The van der Waals surface area contributed by atoms with Crippen molar-refractivity contribution in [1.29, 1.82) is 0 Å².